The number of hydrogen-bond acceptors (Lipinski definition) is 4. The molecule has 1 heterocycles. The second-order valence-corrected chi connectivity index (χ2v) is 5.94. The molecular weight excluding hydrogens is 358 g/mol. The zero-order valence-corrected chi connectivity index (χ0v) is 14.3. The first kappa shape index (κ1) is 16.0. The minimum absolute atomic E-state index is 0.0350. The van der Waals surface area contributed by atoms with Gasteiger partial charge in [-0.2, -0.15) is 0 Å². The van der Waals surface area contributed by atoms with Gasteiger partial charge in [0.25, 0.3) is 0 Å². The van der Waals surface area contributed by atoms with E-state index in [1.807, 2.05) is 26.0 Å². The number of benzene rings is 1. The van der Waals surface area contributed by atoms with Crippen LogP contribution in [0, 0.1) is 0 Å². The highest BCUT2D eigenvalue weighted by Gasteiger charge is 2.25. The van der Waals surface area contributed by atoms with Gasteiger partial charge < -0.3 is 9.15 Å². The molecule has 0 spiro atoms. The van der Waals surface area contributed by atoms with E-state index in [4.69, 9.17) is 20.8 Å². The van der Waals surface area contributed by atoms with E-state index in [0.717, 1.165) is 4.47 Å². The van der Waals surface area contributed by atoms with Gasteiger partial charge >= 0.3 is 5.97 Å². The average molecular weight is 373 g/mol. The Morgan fingerprint density at radius 1 is 1.48 bits per heavy atom. The molecule has 0 bridgehead atoms. The lowest BCUT2D eigenvalue weighted by Crippen LogP contribution is -2.07. The molecule has 0 atom stereocenters. The smallest absolute Gasteiger partial charge is 0.376 e. The molecule has 0 aliphatic rings. The van der Waals surface area contributed by atoms with Crippen molar-refractivity contribution in [2.45, 2.75) is 26.7 Å². The Hall–Kier alpha value is -1.33. The molecule has 1 aromatic heterocycles. The summed E-state index contributed by atoms with van der Waals surface area (Å²) in [7, 11) is 0. The molecule has 0 aliphatic heterocycles. The monoisotopic (exact) mass is 371 g/mol. The third-order valence-corrected chi connectivity index (χ3v) is 4.14. The normalized spacial score (nSPS) is 11.0. The van der Waals surface area contributed by atoms with Crippen molar-refractivity contribution in [3.63, 3.8) is 0 Å². The second kappa shape index (κ2) is 6.62. The van der Waals surface area contributed by atoms with E-state index in [-0.39, 0.29) is 18.3 Å². The number of halogens is 2. The van der Waals surface area contributed by atoms with Crippen LogP contribution in [0.2, 0.25) is 5.02 Å². The summed E-state index contributed by atoms with van der Waals surface area (Å²) in [6, 6.07) is 5.44. The first-order chi connectivity index (χ1) is 9.95. The quantitative estimate of drug-likeness (QED) is 0.704. The van der Waals surface area contributed by atoms with Crippen LogP contribution in [0.25, 0.3) is 11.5 Å². The summed E-state index contributed by atoms with van der Waals surface area (Å²) in [6.45, 7) is 5.90. The lowest BCUT2D eigenvalue weighted by molar-refractivity contribution is 0.0488. The average Bonchev–Trinajstić information content (AvgIpc) is 2.87. The summed E-state index contributed by atoms with van der Waals surface area (Å²) in [5.74, 6) is -0.0233. The minimum Gasteiger partial charge on any atom is -0.460 e. The van der Waals surface area contributed by atoms with Gasteiger partial charge in [-0.25, -0.2) is 9.78 Å². The maximum Gasteiger partial charge on any atom is 0.376 e. The molecule has 2 aromatic rings. The van der Waals surface area contributed by atoms with Gasteiger partial charge in [-0.3, -0.25) is 0 Å². The van der Waals surface area contributed by atoms with Crippen LogP contribution in [-0.2, 0) is 4.74 Å². The molecule has 0 saturated heterocycles. The fourth-order valence-electron chi connectivity index (χ4n) is 1.85. The lowest BCUT2D eigenvalue weighted by atomic mass is 10.1. The SMILES string of the molecule is CCOC(=O)c1oc(-c2cccc(Br)c2Cl)nc1C(C)C. The zero-order valence-electron chi connectivity index (χ0n) is 11.9. The minimum atomic E-state index is -0.508. The molecule has 0 amide bonds. The number of nitrogens with zero attached hydrogens (tertiary/aromatic N) is 1. The number of carbonyl (C=O) groups is 1. The summed E-state index contributed by atoms with van der Waals surface area (Å²) < 4.78 is 11.4. The standard InChI is InChI=1S/C15H15BrClNO3/c1-4-20-15(19)13-12(8(2)3)18-14(21-13)9-6-5-7-10(16)11(9)17/h5-8H,4H2,1-3H3. The maximum atomic E-state index is 12.0. The molecule has 4 nitrogen and oxygen atoms in total. The van der Waals surface area contributed by atoms with Crippen LogP contribution < -0.4 is 0 Å². The number of esters is 1. The molecule has 0 radical (unpaired) electrons. The first-order valence-corrected chi connectivity index (χ1v) is 7.75. The highest BCUT2D eigenvalue weighted by atomic mass is 79.9. The van der Waals surface area contributed by atoms with Crippen molar-refractivity contribution in [3.05, 3.63) is 39.1 Å². The fraction of sp³-hybridized carbons (Fsp3) is 0.333. The van der Waals surface area contributed by atoms with E-state index in [1.165, 1.54) is 0 Å². The van der Waals surface area contributed by atoms with Crippen LogP contribution in [0.15, 0.2) is 27.1 Å². The molecule has 6 heteroatoms. The molecule has 0 fully saturated rings. The van der Waals surface area contributed by atoms with Crippen LogP contribution in [-0.4, -0.2) is 17.6 Å². The lowest BCUT2D eigenvalue weighted by Gasteiger charge is -2.02. The van der Waals surface area contributed by atoms with Gasteiger partial charge in [0, 0.05) is 4.47 Å². The number of carbonyl (C=O) groups excluding carboxylic acids is 1. The van der Waals surface area contributed by atoms with E-state index in [9.17, 15) is 4.79 Å². The van der Waals surface area contributed by atoms with Crippen molar-refractivity contribution < 1.29 is 13.9 Å². The molecule has 1 aromatic carbocycles. The van der Waals surface area contributed by atoms with Gasteiger partial charge in [0.2, 0.25) is 11.7 Å². The van der Waals surface area contributed by atoms with E-state index >= 15 is 0 Å². The topological polar surface area (TPSA) is 52.3 Å². The van der Waals surface area contributed by atoms with Crippen molar-refractivity contribution >= 4 is 33.5 Å². The predicted molar refractivity (Wildman–Crippen MR) is 84.7 cm³/mol. The molecule has 21 heavy (non-hydrogen) atoms. The summed E-state index contributed by atoms with van der Waals surface area (Å²) in [4.78, 5) is 16.4. The van der Waals surface area contributed by atoms with E-state index < -0.39 is 5.97 Å². The van der Waals surface area contributed by atoms with Gasteiger partial charge in [0.15, 0.2) is 0 Å². The number of ether oxygens (including phenoxy) is 1. The summed E-state index contributed by atoms with van der Waals surface area (Å²) in [6.07, 6.45) is 0. The Balaban J connectivity index is 2.54. The van der Waals surface area contributed by atoms with Crippen LogP contribution in [0.1, 0.15) is 42.9 Å². The van der Waals surface area contributed by atoms with Crippen molar-refractivity contribution in [3.8, 4) is 11.5 Å². The summed E-state index contributed by atoms with van der Waals surface area (Å²) >= 11 is 9.60. The number of rotatable bonds is 4. The van der Waals surface area contributed by atoms with Crippen LogP contribution >= 0.6 is 27.5 Å². The highest BCUT2D eigenvalue weighted by Crippen LogP contribution is 2.35. The van der Waals surface area contributed by atoms with Crippen molar-refractivity contribution in [2.75, 3.05) is 6.61 Å². The largest absolute Gasteiger partial charge is 0.460 e. The van der Waals surface area contributed by atoms with Crippen molar-refractivity contribution in [1.82, 2.24) is 4.98 Å². The second-order valence-electron chi connectivity index (χ2n) is 4.71. The maximum absolute atomic E-state index is 12.0. The molecule has 0 N–H and O–H groups in total. The zero-order chi connectivity index (χ0) is 15.6. The molecular formula is C15H15BrClNO3. The van der Waals surface area contributed by atoms with Gasteiger partial charge in [-0.05, 0) is 40.9 Å². The number of oxazole rings is 1. The predicted octanol–water partition coefficient (Wildman–Crippen LogP) is 5.06. The first-order valence-electron chi connectivity index (χ1n) is 6.57. The van der Waals surface area contributed by atoms with E-state index in [2.05, 4.69) is 20.9 Å². The van der Waals surface area contributed by atoms with Gasteiger partial charge in [0.05, 0.1) is 22.9 Å². The Labute approximate surface area is 136 Å². The molecule has 0 saturated carbocycles. The Morgan fingerprint density at radius 3 is 2.81 bits per heavy atom. The van der Waals surface area contributed by atoms with E-state index in [0.29, 0.717) is 22.2 Å². The van der Waals surface area contributed by atoms with Crippen LogP contribution in [0.5, 0.6) is 0 Å². The van der Waals surface area contributed by atoms with Crippen molar-refractivity contribution in [2.24, 2.45) is 0 Å². The van der Waals surface area contributed by atoms with Crippen LogP contribution in [0.3, 0.4) is 0 Å². The van der Waals surface area contributed by atoms with Crippen LogP contribution in [0.4, 0.5) is 0 Å². The number of aromatic nitrogens is 1. The summed E-state index contributed by atoms with van der Waals surface area (Å²) in [5, 5.41) is 0.490. The third-order valence-electron chi connectivity index (χ3n) is 2.84. The Bertz CT molecular complexity index is 667. The molecule has 0 aliphatic carbocycles. The van der Waals surface area contributed by atoms with Crippen molar-refractivity contribution in [1.29, 1.82) is 0 Å². The number of hydrogen-bond donors (Lipinski definition) is 0. The molecule has 0 unspecified atom stereocenters. The Morgan fingerprint density at radius 2 is 2.19 bits per heavy atom. The van der Waals surface area contributed by atoms with E-state index in [1.54, 1.807) is 13.0 Å². The fourth-order valence-corrected chi connectivity index (χ4v) is 2.42. The molecule has 2 rings (SSSR count). The Kier molecular flexibility index (Phi) is 5.06. The molecule has 112 valence electrons. The van der Waals surface area contributed by atoms with Gasteiger partial charge in [-0.1, -0.05) is 31.5 Å². The third kappa shape index (κ3) is 3.30. The summed E-state index contributed by atoms with van der Waals surface area (Å²) in [5.41, 5.74) is 1.20. The van der Waals surface area contributed by atoms with Gasteiger partial charge in [0.1, 0.15) is 0 Å². The highest BCUT2D eigenvalue weighted by molar-refractivity contribution is 9.10. The van der Waals surface area contributed by atoms with Gasteiger partial charge in [-0.15, -0.1) is 0 Å².